The molecule has 1 aromatic heterocycles. The monoisotopic (exact) mass is 202 g/mol. The fourth-order valence-electron chi connectivity index (χ4n) is 1.73. The molecule has 0 bridgehead atoms. The van der Waals surface area contributed by atoms with Gasteiger partial charge in [-0.25, -0.2) is 0 Å². The van der Waals surface area contributed by atoms with Crippen LogP contribution in [-0.4, -0.2) is 0 Å². The number of benzene rings is 1. The van der Waals surface area contributed by atoms with Gasteiger partial charge in [0, 0.05) is 15.0 Å². The molecule has 0 spiro atoms. The molecule has 14 heavy (non-hydrogen) atoms. The standard InChI is InChI=1S/C13H14S/c1-4-5-11-10(3)14-13-7-6-9(2)8-12(11)13/h4-8H,1-3H3/b5-4-. The van der Waals surface area contributed by atoms with Gasteiger partial charge in [0.15, 0.2) is 0 Å². The summed E-state index contributed by atoms with van der Waals surface area (Å²) in [6, 6.07) is 6.67. The van der Waals surface area contributed by atoms with Crippen LogP contribution in [0, 0.1) is 13.8 Å². The van der Waals surface area contributed by atoms with Gasteiger partial charge in [0.25, 0.3) is 0 Å². The van der Waals surface area contributed by atoms with Crippen LogP contribution in [0.15, 0.2) is 24.3 Å². The van der Waals surface area contributed by atoms with E-state index < -0.39 is 0 Å². The highest BCUT2D eigenvalue weighted by atomic mass is 32.1. The molecule has 1 heterocycles. The molecular formula is C13H14S. The van der Waals surface area contributed by atoms with Crippen LogP contribution in [0.4, 0.5) is 0 Å². The van der Waals surface area contributed by atoms with Crippen molar-refractivity contribution in [3.8, 4) is 0 Å². The maximum absolute atomic E-state index is 2.27. The Bertz CT molecular complexity index is 489. The minimum atomic E-state index is 1.33. The van der Waals surface area contributed by atoms with E-state index in [4.69, 9.17) is 0 Å². The molecule has 1 heteroatoms. The minimum Gasteiger partial charge on any atom is -0.140 e. The van der Waals surface area contributed by atoms with E-state index in [1.807, 2.05) is 11.3 Å². The third-order valence-electron chi connectivity index (χ3n) is 2.40. The lowest BCUT2D eigenvalue weighted by Gasteiger charge is -1.95. The van der Waals surface area contributed by atoms with Gasteiger partial charge in [-0.15, -0.1) is 11.3 Å². The van der Waals surface area contributed by atoms with Crippen LogP contribution in [0.5, 0.6) is 0 Å². The maximum Gasteiger partial charge on any atom is 0.0351 e. The van der Waals surface area contributed by atoms with Crippen LogP contribution in [-0.2, 0) is 0 Å². The lowest BCUT2D eigenvalue weighted by Crippen LogP contribution is -1.74. The molecule has 2 aromatic rings. The van der Waals surface area contributed by atoms with Crippen LogP contribution in [0.3, 0.4) is 0 Å². The molecule has 0 aliphatic rings. The first-order valence-corrected chi connectivity index (χ1v) is 5.66. The number of rotatable bonds is 1. The first kappa shape index (κ1) is 9.47. The zero-order chi connectivity index (χ0) is 10.1. The summed E-state index contributed by atoms with van der Waals surface area (Å²) < 4.78 is 1.39. The quantitative estimate of drug-likeness (QED) is 0.636. The summed E-state index contributed by atoms with van der Waals surface area (Å²) in [5.41, 5.74) is 2.72. The highest BCUT2D eigenvalue weighted by Crippen LogP contribution is 2.32. The van der Waals surface area contributed by atoms with E-state index in [-0.39, 0.29) is 0 Å². The number of hydrogen-bond donors (Lipinski definition) is 0. The Morgan fingerprint density at radius 1 is 1.21 bits per heavy atom. The van der Waals surface area contributed by atoms with Crippen LogP contribution < -0.4 is 0 Å². The van der Waals surface area contributed by atoms with Gasteiger partial charge >= 0.3 is 0 Å². The fraction of sp³-hybridized carbons (Fsp3) is 0.231. The fourth-order valence-corrected chi connectivity index (χ4v) is 2.76. The Balaban J connectivity index is 2.79. The summed E-state index contributed by atoms with van der Waals surface area (Å²) in [6.45, 7) is 6.40. The lowest BCUT2D eigenvalue weighted by molar-refractivity contribution is 1.51. The number of hydrogen-bond acceptors (Lipinski definition) is 1. The van der Waals surface area contributed by atoms with Crippen molar-refractivity contribution in [2.45, 2.75) is 20.8 Å². The van der Waals surface area contributed by atoms with Crippen LogP contribution in [0.25, 0.3) is 16.2 Å². The Hall–Kier alpha value is -1.08. The average Bonchev–Trinajstić information content (AvgIpc) is 2.45. The Morgan fingerprint density at radius 3 is 2.71 bits per heavy atom. The maximum atomic E-state index is 2.27. The third-order valence-corrected chi connectivity index (χ3v) is 3.50. The molecule has 0 saturated carbocycles. The molecule has 0 nitrogen and oxygen atoms in total. The molecule has 0 aliphatic heterocycles. The van der Waals surface area contributed by atoms with Crippen molar-refractivity contribution in [1.82, 2.24) is 0 Å². The number of thiophene rings is 1. The van der Waals surface area contributed by atoms with Crippen molar-refractivity contribution in [2.75, 3.05) is 0 Å². The molecule has 0 N–H and O–H groups in total. The van der Waals surface area contributed by atoms with Gasteiger partial charge < -0.3 is 0 Å². The van der Waals surface area contributed by atoms with Crippen molar-refractivity contribution < 1.29 is 0 Å². The van der Waals surface area contributed by atoms with Gasteiger partial charge in [0.1, 0.15) is 0 Å². The Labute approximate surface area is 88.9 Å². The molecule has 2 rings (SSSR count). The second-order valence-corrected chi connectivity index (χ2v) is 4.83. The molecule has 0 atom stereocenters. The van der Waals surface area contributed by atoms with Gasteiger partial charge in [-0.2, -0.15) is 0 Å². The summed E-state index contributed by atoms with van der Waals surface area (Å²) in [5, 5.41) is 1.39. The second-order valence-electron chi connectivity index (χ2n) is 3.57. The van der Waals surface area contributed by atoms with Crippen molar-refractivity contribution >= 4 is 27.5 Å². The average molecular weight is 202 g/mol. The van der Waals surface area contributed by atoms with E-state index in [0.29, 0.717) is 0 Å². The summed E-state index contributed by atoms with van der Waals surface area (Å²) in [4.78, 5) is 1.41. The smallest absolute Gasteiger partial charge is 0.0351 e. The van der Waals surface area contributed by atoms with Crippen LogP contribution in [0.1, 0.15) is 22.9 Å². The van der Waals surface area contributed by atoms with Gasteiger partial charge in [0.2, 0.25) is 0 Å². The highest BCUT2D eigenvalue weighted by molar-refractivity contribution is 7.19. The Morgan fingerprint density at radius 2 is 2.00 bits per heavy atom. The summed E-state index contributed by atoms with van der Waals surface area (Å²) >= 11 is 1.88. The summed E-state index contributed by atoms with van der Waals surface area (Å²) in [5.74, 6) is 0. The van der Waals surface area contributed by atoms with Gasteiger partial charge in [-0.05, 0) is 38.5 Å². The molecule has 1 aromatic carbocycles. The largest absolute Gasteiger partial charge is 0.140 e. The van der Waals surface area contributed by atoms with E-state index in [1.165, 1.54) is 26.1 Å². The van der Waals surface area contributed by atoms with Crippen molar-refractivity contribution in [1.29, 1.82) is 0 Å². The third kappa shape index (κ3) is 1.48. The van der Waals surface area contributed by atoms with Crippen molar-refractivity contribution in [3.63, 3.8) is 0 Å². The highest BCUT2D eigenvalue weighted by Gasteiger charge is 2.05. The second kappa shape index (κ2) is 3.58. The van der Waals surface area contributed by atoms with E-state index in [2.05, 4.69) is 51.1 Å². The molecule has 0 fully saturated rings. The molecule has 72 valence electrons. The lowest BCUT2D eigenvalue weighted by atomic mass is 10.1. The van der Waals surface area contributed by atoms with E-state index >= 15 is 0 Å². The van der Waals surface area contributed by atoms with Crippen molar-refractivity contribution in [3.05, 3.63) is 40.3 Å². The molecule has 0 aliphatic carbocycles. The van der Waals surface area contributed by atoms with Crippen LogP contribution >= 0.6 is 11.3 Å². The molecule has 0 unspecified atom stereocenters. The number of fused-ring (bicyclic) bond motifs is 1. The molecule has 0 saturated heterocycles. The minimum absolute atomic E-state index is 1.33. The topological polar surface area (TPSA) is 0 Å². The first-order chi connectivity index (χ1) is 6.72. The van der Waals surface area contributed by atoms with Gasteiger partial charge in [0.05, 0.1) is 0 Å². The zero-order valence-corrected chi connectivity index (χ0v) is 9.61. The Kier molecular flexibility index (Phi) is 2.42. The summed E-state index contributed by atoms with van der Waals surface area (Å²) in [6.07, 6.45) is 4.31. The van der Waals surface area contributed by atoms with Gasteiger partial charge in [-0.3, -0.25) is 0 Å². The predicted octanol–water partition coefficient (Wildman–Crippen LogP) is 4.55. The first-order valence-electron chi connectivity index (χ1n) is 4.85. The zero-order valence-electron chi connectivity index (χ0n) is 8.79. The predicted molar refractivity (Wildman–Crippen MR) is 66.0 cm³/mol. The molecule has 0 amide bonds. The van der Waals surface area contributed by atoms with Crippen LogP contribution in [0.2, 0.25) is 0 Å². The SMILES string of the molecule is C/C=C\c1c(C)sc2ccc(C)cc12. The molecular weight excluding hydrogens is 188 g/mol. The normalized spacial score (nSPS) is 11.6. The number of allylic oxidation sites excluding steroid dienone is 1. The van der Waals surface area contributed by atoms with Gasteiger partial charge in [-0.1, -0.05) is 23.8 Å². The number of aryl methyl sites for hydroxylation is 2. The van der Waals surface area contributed by atoms with E-state index in [0.717, 1.165) is 0 Å². The van der Waals surface area contributed by atoms with Crippen molar-refractivity contribution in [2.24, 2.45) is 0 Å². The molecule has 0 radical (unpaired) electrons. The van der Waals surface area contributed by atoms with E-state index in [1.54, 1.807) is 0 Å². The van der Waals surface area contributed by atoms with E-state index in [9.17, 15) is 0 Å². The summed E-state index contributed by atoms with van der Waals surface area (Å²) in [7, 11) is 0.